The molecule has 0 aliphatic heterocycles. The number of rotatable bonds is 7. The fraction of sp³-hybridized carbons (Fsp3) is 0.250. The van der Waals surface area contributed by atoms with Crippen molar-refractivity contribution in [1.82, 2.24) is 14.8 Å². The summed E-state index contributed by atoms with van der Waals surface area (Å²) in [6.45, 7) is 2.70. The number of hydrogen-bond donors (Lipinski definition) is 0. The molecule has 0 spiro atoms. The van der Waals surface area contributed by atoms with Gasteiger partial charge in [-0.3, -0.25) is 0 Å². The van der Waals surface area contributed by atoms with Gasteiger partial charge in [0, 0.05) is 18.4 Å². The average Bonchev–Trinajstić information content (AvgIpc) is 3.02. The third-order valence-corrected chi connectivity index (χ3v) is 4.99. The lowest BCUT2D eigenvalue weighted by Crippen LogP contribution is -2.00. The summed E-state index contributed by atoms with van der Waals surface area (Å²) in [6.07, 6.45) is 0.900. The van der Waals surface area contributed by atoms with Crippen molar-refractivity contribution in [3.05, 3.63) is 59.7 Å². The Morgan fingerprint density at radius 3 is 2.69 bits per heavy atom. The van der Waals surface area contributed by atoms with Crippen LogP contribution in [0, 0.1) is 18.3 Å². The monoisotopic (exact) mass is 364 g/mol. The fourth-order valence-electron chi connectivity index (χ4n) is 2.51. The van der Waals surface area contributed by atoms with E-state index in [1.807, 2.05) is 29.8 Å². The molecule has 3 rings (SSSR count). The van der Waals surface area contributed by atoms with E-state index >= 15 is 0 Å². The summed E-state index contributed by atoms with van der Waals surface area (Å²) >= 11 is 1.67. The van der Waals surface area contributed by atoms with Crippen molar-refractivity contribution in [1.29, 1.82) is 5.26 Å². The van der Waals surface area contributed by atoms with Crippen LogP contribution in [0.2, 0.25) is 0 Å². The van der Waals surface area contributed by atoms with Gasteiger partial charge in [0.25, 0.3) is 0 Å². The Kier molecular flexibility index (Phi) is 5.92. The van der Waals surface area contributed by atoms with E-state index in [9.17, 15) is 0 Å². The predicted octanol–water partition coefficient (Wildman–Crippen LogP) is 4.22. The lowest BCUT2D eigenvalue weighted by Gasteiger charge is -2.06. The molecule has 2 aromatic carbocycles. The highest BCUT2D eigenvalue weighted by Gasteiger charge is 2.11. The van der Waals surface area contributed by atoms with E-state index in [0.29, 0.717) is 12.2 Å². The molecule has 0 saturated heterocycles. The second kappa shape index (κ2) is 8.54. The number of ether oxygens (including phenoxy) is 1. The summed E-state index contributed by atoms with van der Waals surface area (Å²) in [5, 5.41) is 18.3. The molecule has 1 aromatic heterocycles. The largest absolute Gasteiger partial charge is 0.494 e. The topological polar surface area (TPSA) is 63.7 Å². The van der Waals surface area contributed by atoms with Crippen LogP contribution < -0.4 is 4.74 Å². The molecule has 0 unspecified atom stereocenters. The first-order chi connectivity index (χ1) is 12.7. The van der Waals surface area contributed by atoms with E-state index in [4.69, 9.17) is 10.00 Å². The quantitative estimate of drug-likeness (QED) is 0.464. The third-order valence-electron chi connectivity index (χ3n) is 3.88. The van der Waals surface area contributed by atoms with E-state index in [1.54, 1.807) is 23.9 Å². The van der Waals surface area contributed by atoms with Gasteiger partial charge < -0.3 is 9.30 Å². The first-order valence-electron chi connectivity index (χ1n) is 8.39. The van der Waals surface area contributed by atoms with E-state index < -0.39 is 0 Å². The molecule has 0 fully saturated rings. The maximum Gasteiger partial charge on any atom is 0.191 e. The van der Waals surface area contributed by atoms with Crippen molar-refractivity contribution < 1.29 is 4.74 Å². The van der Waals surface area contributed by atoms with Gasteiger partial charge in [-0.1, -0.05) is 35.5 Å². The van der Waals surface area contributed by atoms with E-state index in [-0.39, 0.29) is 0 Å². The second-order valence-corrected chi connectivity index (χ2v) is 6.98. The van der Waals surface area contributed by atoms with Crippen molar-refractivity contribution in [2.24, 2.45) is 7.05 Å². The molecule has 0 atom stereocenters. The predicted molar refractivity (Wildman–Crippen MR) is 103 cm³/mol. The van der Waals surface area contributed by atoms with E-state index in [0.717, 1.165) is 34.5 Å². The van der Waals surface area contributed by atoms with Crippen molar-refractivity contribution in [3.8, 4) is 23.2 Å². The Balaban J connectivity index is 1.49. The number of thioether (sulfide) groups is 1. The molecule has 5 nitrogen and oxygen atoms in total. The molecule has 6 heteroatoms. The standard InChI is InChI=1S/C20H20N4OS/c1-15-5-3-6-17(13-15)19-22-23-20(24(19)2)26-12-4-11-25-18-9-7-16(14-21)8-10-18/h3,5-10,13H,4,11-12H2,1-2H3. The van der Waals surface area contributed by atoms with Crippen LogP contribution in [0.1, 0.15) is 17.5 Å². The maximum absolute atomic E-state index is 8.79. The van der Waals surface area contributed by atoms with Gasteiger partial charge in [-0.05, 0) is 43.7 Å². The first kappa shape index (κ1) is 18.0. The molecular formula is C20H20N4OS. The van der Waals surface area contributed by atoms with Crippen molar-refractivity contribution >= 4 is 11.8 Å². The van der Waals surface area contributed by atoms with Crippen LogP contribution in [-0.2, 0) is 7.05 Å². The zero-order valence-corrected chi connectivity index (χ0v) is 15.7. The smallest absolute Gasteiger partial charge is 0.191 e. The number of nitriles is 1. The molecule has 0 amide bonds. The highest BCUT2D eigenvalue weighted by Crippen LogP contribution is 2.23. The molecule has 0 aliphatic rings. The molecule has 3 aromatic rings. The highest BCUT2D eigenvalue weighted by atomic mass is 32.2. The lowest BCUT2D eigenvalue weighted by atomic mass is 10.1. The summed E-state index contributed by atoms with van der Waals surface area (Å²) in [7, 11) is 1.99. The number of aryl methyl sites for hydroxylation is 1. The third kappa shape index (κ3) is 4.44. The minimum atomic E-state index is 0.626. The van der Waals surface area contributed by atoms with Crippen LogP contribution in [0.4, 0.5) is 0 Å². The molecule has 132 valence electrons. The zero-order valence-electron chi connectivity index (χ0n) is 14.8. The highest BCUT2D eigenvalue weighted by molar-refractivity contribution is 7.99. The van der Waals surface area contributed by atoms with Gasteiger partial charge in [0.05, 0.1) is 18.2 Å². The molecule has 0 N–H and O–H groups in total. The van der Waals surface area contributed by atoms with Crippen LogP contribution in [0.3, 0.4) is 0 Å². The lowest BCUT2D eigenvalue weighted by molar-refractivity contribution is 0.318. The summed E-state index contributed by atoms with van der Waals surface area (Å²) in [5.74, 6) is 2.57. The maximum atomic E-state index is 8.79. The molecule has 1 heterocycles. The zero-order chi connectivity index (χ0) is 18.4. The Morgan fingerprint density at radius 2 is 1.96 bits per heavy atom. The Labute approximate surface area is 157 Å². The van der Waals surface area contributed by atoms with Crippen molar-refractivity contribution in [3.63, 3.8) is 0 Å². The number of nitrogens with zero attached hydrogens (tertiary/aromatic N) is 4. The van der Waals surface area contributed by atoms with Gasteiger partial charge in [-0.25, -0.2) is 0 Å². The van der Waals surface area contributed by atoms with Crippen LogP contribution in [-0.4, -0.2) is 27.1 Å². The Hall–Kier alpha value is -2.78. The van der Waals surface area contributed by atoms with Gasteiger partial charge in [0.15, 0.2) is 11.0 Å². The van der Waals surface area contributed by atoms with Crippen LogP contribution >= 0.6 is 11.8 Å². The summed E-state index contributed by atoms with van der Waals surface area (Å²) in [6, 6.07) is 17.5. The summed E-state index contributed by atoms with van der Waals surface area (Å²) in [5.41, 5.74) is 2.93. The minimum absolute atomic E-state index is 0.626. The van der Waals surface area contributed by atoms with Gasteiger partial charge >= 0.3 is 0 Å². The van der Waals surface area contributed by atoms with Crippen LogP contribution in [0.25, 0.3) is 11.4 Å². The molecule has 0 saturated carbocycles. The van der Waals surface area contributed by atoms with Crippen LogP contribution in [0.5, 0.6) is 5.75 Å². The van der Waals surface area contributed by atoms with Gasteiger partial charge in [0.2, 0.25) is 0 Å². The number of hydrogen-bond acceptors (Lipinski definition) is 5. The van der Waals surface area contributed by atoms with Gasteiger partial charge in [-0.2, -0.15) is 5.26 Å². The molecule has 0 aliphatic carbocycles. The second-order valence-electron chi connectivity index (χ2n) is 5.92. The summed E-state index contributed by atoms with van der Waals surface area (Å²) in [4.78, 5) is 0. The Morgan fingerprint density at radius 1 is 1.15 bits per heavy atom. The molecule has 0 bridgehead atoms. The van der Waals surface area contributed by atoms with Crippen LogP contribution in [0.15, 0.2) is 53.7 Å². The molecular weight excluding hydrogens is 344 g/mol. The van der Waals surface area contributed by atoms with Crippen molar-refractivity contribution in [2.45, 2.75) is 18.5 Å². The fourth-order valence-corrected chi connectivity index (χ4v) is 3.34. The van der Waals surface area contributed by atoms with Gasteiger partial charge in [-0.15, -0.1) is 10.2 Å². The minimum Gasteiger partial charge on any atom is -0.494 e. The number of benzene rings is 2. The van der Waals surface area contributed by atoms with E-state index in [2.05, 4.69) is 41.4 Å². The van der Waals surface area contributed by atoms with Gasteiger partial charge in [0.1, 0.15) is 5.75 Å². The van der Waals surface area contributed by atoms with Crippen molar-refractivity contribution in [2.75, 3.05) is 12.4 Å². The van der Waals surface area contributed by atoms with E-state index in [1.165, 1.54) is 5.56 Å². The SMILES string of the molecule is Cc1cccc(-c2nnc(SCCCOc3ccc(C#N)cc3)n2C)c1. The summed E-state index contributed by atoms with van der Waals surface area (Å²) < 4.78 is 7.72. The first-order valence-corrected chi connectivity index (χ1v) is 9.38. The molecule has 26 heavy (non-hydrogen) atoms. The normalized spacial score (nSPS) is 10.5. The number of aromatic nitrogens is 3. The average molecular weight is 364 g/mol. The Bertz CT molecular complexity index is 912. The molecule has 0 radical (unpaired) electrons.